The molecule has 1 rings (SSSR count). The van der Waals surface area contributed by atoms with Crippen molar-refractivity contribution in [3.05, 3.63) is 24.2 Å². The van der Waals surface area contributed by atoms with E-state index in [2.05, 4.69) is 5.32 Å². The van der Waals surface area contributed by atoms with Crippen molar-refractivity contribution in [3.8, 4) is 0 Å². The van der Waals surface area contributed by atoms with Crippen LogP contribution in [0.5, 0.6) is 0 Å². The standard InChI is InChI=1S/C5H8N2O2/c1-7-3-2-6-4(8)5(7)9/h2-3,6,8-9H,1H3. The molecule has 4 heteroatoms. The van der Waals surface area contributed by atoms with E-state index in [4.69, 9.17) is 10.2 Å². The van der Waals surface area contributed by atoms with Crippen LogP contribution in [0.3, 0.4) is 0 Å². The van der Waals surface area contributed by atoms with Crippen LogP contribution >= 0.6 is 0 Å². The smallest absolute Gasteiger partial charge is 0.253 e. The van der Waals surface area contributed by atoms with E-state index in [1.165, 1.54) is 11.1 Å². The molecule has 0 bridgehead atoms. The van der Waals surface area contributed by atoms with Crippen LogP contribution in [0.1, 0.15) is 0 Å². The van der Waals surface area contributed by atoms with E-state index in [0.29, 0.717) is 0 Å². The summed E-state index contributed by atoms with van der Waals surface area (Å²) in [7, 11) is 1.63. The molecule has 0 aromatic heterocycles. The molecule has 1 aliphatic rings. The van der Waals surface area contributed by atoms with Crippen LogP contribution < -0.4 is 5.32 Å². The number of aliphatic hydroxyl groups excluding tert-OH is 2. The van der Waals surface area contributed by atoms with Gasteiger partial charge in [-0.1, -0.05) is 0 Å². The minimum absolute atomic E-state index is 0.169. The molecule has 50 valence electrons. The molecule has 0 aliphatic carbocycles. The fraction of sp³-hybridized carbons (Fsp3) is 0.200. The van der Waals surface area contributed by atoms with Crippen molar-refractivity contribution in [2.45, 2.75) is 0 Å². The molecule has 0 spiro atoms. The average Bonchev–Trinajstić information content (AvgIpc) is 1.83. The van der Waals surface area contributed by atoms with Gasteiger partial charge in [0.2, 0.25) is 0 Å². The molecular weight excluding hydrogens is 120 g/mol. The van der Waals surface area contributed by atoms with Crippen molar-refractivity contribution in [3.63, 3.8) is 0 Å². The summed E-state index contributed by atoms with van der Waals surface area (Å²) in [4.78, 5) is 1.39. The molecule has 0 amide bonds. The summed E-state index contributed by atoms with van der Waals surface area (Å²) in [5.74, 6) is -0.391. The third kappa shape index (κ3) is 0.910. The fourth-order valence-corrected chi connectivity index (χ4v) is 0.530. The third-order valence-corrected chi connectivity index (χ3v) is 1.06. The van der Waals surface area contributed by atoms with E-state index in [9.17, 15) is 0 Å². The lowest BCUT2D eigenvalue weighted by atomic mass is 10.5. The average molecular weight is 128 g/mol. The van der Waals surface area contributed by atoms with Crippen LogP contribution in [0.2, 0.25) is 0 Å². The van der Waals surface area contributed by atoms with Gasteiger partial charge in [0.1, 0.15) is 0 Å². The summed E-state index contributed by atoms with van der Waals surface area (Å²) >= 11 is 0. The van der Waals surface area contributed by atoms with Crippen LogP contribution in [0, 0.1) is 0 Å². The second-order valence-corrected chi connectivity index (χ2v) is 1.74. The molecule has 0 aromatic rings. The van der Waals surface area contributed by atoms with E-state index in [1.54, 1.807) is 13.2 Å². The van der Waals surface area contributed by atoms with Gasteiger partial charge < -0.3 is 20.4 Å². The predicted octanol–water partition coefficient (Wildman–Crippen LogP) is 0.235. The zero-order chi connectivity index (χ0) is 6.85. The van der Waals surface area contributed by atoms with Crippen LogP contribution in [0.25, 0.3) is 0 Å². The summed E-state index contributed by atoms with van der Waals surface area (Å²) in [6, 6.07) is 0. The summed E-state index contributed by atoms with van der Waals surface area (Å²) < 4.78 is 0. The van der Waals surface area contributed by atoms with Gasteiger partial charge in [0.25, 0.3) is 11.8 Å². The second-order valence-electron chi connectivity index (χ2n) is 1.74. The highest BCUT2D eigenvalue weighted by molar-refractivity contribution is 5.07. The number of aliphatic hydroxyl groups is 2. The van der Waals surface area contributed by atoms with Crippen LogP contribution in [-0.4, -0.2) is 22.2 Å². The van der Waals surface area contributed by atoms with E-state index in [-0.39, 0.29) is 11.8 Å². The van der Waals surface area contributed by atoms with Gasteiger partial charge in [-0.2, -0.15) is 0 Å². The highest BCUT2D eigenvalue weighted by atomic mass is 16.3. The Balaban J connectivity index is 2.79. The lowest BCUT2D eigenvalue weighted by Gasteiger charge is -2.17. The third-order valence-electron chi connectivity index (χ3n) is 1.06. The molecule has 9 heavy (non-hydrogen) atoms. The number of hydrogen-bond donors (Lipinski definition) is 3. The zero-order valence-electron chi connectivity index (χ0n) is 5.00. The van der Waals surface area contributed by atoms with Gasteiger partial charge in [-0.15, -0.1) is 0 Å². The Morgan fingerprint density at radius 1 is 1.56 bits per heavy atom. The van der Waals surface area contributed by atoms with Crippen molar-refractivity contribution in [2.24, 2.45) is 0 Å². The van der Waals surface area contributed by atoms with Gasteiger partial charge >= 0.3 is 0 Å². The molecule has 0 saturated carbocycles. The van der Waals surface area contributed by atoms with Gasteiger partial charge in [0.05, 0.1) is 0 Å². The highest BCUT2D eigenvalue weighted by Crippen LogP contribution is 2.04. The first kappa shape index (κ1) is 5.81. The van der Waals surface area contributed by atoms with Gasteiger partial charge in [-0.25, -0.2) is 0 Å². The molecule has 4 nitrogen and oxygen atoms in total. The predicted molar refractivity (Wildman–Crippen MR) is 32.3 cm³/mol. The van der Waals surface area contributed by atoms with E-state index < -0.39 is 0 Å². The molecule has 0 unspecified atom stereocenters. The first-order valence-electron chi connectivity index (χ1n) is 2.50. The zero-order valence-corrected chi connectivity index (χ0v) is 5.00. The molecule has 1 heterocycles. The summed E-state index contributed by atoms with van der Waals surface area (Å²) in [5.41, 5.74) is 0. The van der Waals surface area contributed by atoms with Crippen molar-refractivity contribution >= 4 is 0 Å². The first-order valence-corrected chi connectivity index (χ1v) is 2.50. The van der Waals surface area contributed by atoms with Crippen LogP contribution in [0.4, 0.5) is 0 Å². The Morgan fingerprint density at radius 2 is 2.22 bits per heavy atom. The van der Waals surface area contributed by atoms with Crippen LogP contribution in [-0.2, 0) is 0 Å². The fourth-order valence-electron chi connectivity index (χ4n) is 0.530. The molecule has 1 aliphatic heterocycles. The molecule has 0 aromatic carbocycles. The lowest BCUT2D eigenvalue weighted by Crippen LogP contribution is -2.22. The van der Waals surface area contributed by atoms with Gasteiger partial charge in [0.15, 0.2) is 0 Å². The van der Waals surface area contributed by atoms with Crippen LogP contribution in [0.15, 0.2) is 24.2 Å². The first-order chi connectivity index (χ1) is 4.22. The molecule has 0 atom stereocenters. The SMILES string of the molecule is CN1C=CNC(O)=C1O. The quantitative estimate of drug-likeness (QED) is 0.437. The maximum atomic E-state index is 8.89. The molecule has 0 radical (unpaired) electrons. The monoisotopic (exact) mass is 128 g/mol. The topological polar surface area (TPSA) is 55.7 Å². The number of rotatable bonds is 0. The maximum absolute atomic E-state index is 8.89. The normalized spacial score (nSPS) is 18.1. The molecular formula is C5H8N2O2. The summed E-state index contributed by atoms with van der Waals surface area (Å²) in [6.45, 7) is 0. The Morgan fingerprint density at radius 3 is 2.67 bits per heavy atom. The van der Waals surface area contributed by atoms with Crippen molar-refractivity contribution in [1.29, 1.82) is 0 Å². The Bertz CT molecular complexity index is 174. The van der Waals surface area contributed by atoms with E-state index in [0.717, 1.165) is 0 Å². The summed E-state index contributed by atoms with van der Waals surface area (Å²) in [6.07, 6.45) is 3.12. The minimum atomic E-state index is -0.222. The van der Waals surface area contributed by atoms with Crippen molar-refractivity contribution in [2.75, 3.05) is 7.05 Å². The highest BCUT2D eigenvalue weighted by Gasteiger charge is 2.08. The Labute approximate surface area is 52.7 Å². The minimum Gasteiger partial charge on any atom is -0.491 e. The van der Waals surface area contributed by atoms with Crippen molar-refractivity contribution < 1.29 is 10.2 Å². The van der Waals surface area contributed by atoms with Gasteiger partial charge in [0, 0.05) is 19.4 Å². The molecule has 0 fully saturated rings. The van der Waals surface area contributed by atoms with Gasteiger partial charge in [-0.3, -0.25) is 0 Å². The lowest BCUT2D eigenvalue weighted by molar-refractivity contribution is 0.217. The van der Waals surface area contributed by atoms with Gasteiger partial charge in [-0.05, 0) is 0 Å². The largest absolute Gasteiger partial charge is 0.491 e. The van der Waals surface area contributed by atoms with Crippen molar-refractivity contribution in [1.82, 2.24) is 10.2 Å². The summed E-state index contributed by atoms with van der Waals surface area (Å²) in [5, 5.41) is 20.1. The van der Waals surface area contributed by atoms with E-state index in [1.807, 2.05) is 0 Å². The van der Waals surface area contributed by atoms with E-state index >= 15 is 0 Å². The Hall–Kier alpha value is -1.32. The molecule has 3 N–H and O–H groups in total. The number of nitrogens with one attached hydrogen (secondary N) is 1. The number of hydrogen-bond acceptors (Lipinski definition) is 4. The maximum Gasteiger partial charge on any atom is 0.253 e. The number of nitrogens with zero attached hydrogens (tertiary/aromatic N) is 1. The second kappa shape index (κ2) is 1.89. The Kier molecular flexibility index (Phi) is 1.22. The molecule has 0 saturated heterocycles.